The summed E-state index contributed by atoms with van der Waals surface area (Å²) in [5.74, 6) is -0.231. The second-order valence-electron chi connectivity index (χ2n) is 7.25. The van der Waals surface area contributed by atoms with Crippen molar-refractivity contribution >= 4 is 15.9 Å². The molecule has 2 fully saturated rings. The molecule has 142 valence electrons. The summed E-state index contributed by atoms with van der Waals surface area (Å²) in [6, 6.07) is 0.431. The van der Waals surface area contributed by atoms with Crippen molar-refractivity contribution in [3.8, 4) is 6.07 Å². The summed E-state index contributed by atoms with van der Waals surface area (Å²) in [5, 5.41) is 8.60. The van der Waals surface area contributed by atoms with Crippen LogP contribution in [0.1, 0.15) is 39.5 Å². The molecular weight excluding hydrogens is 347 g/mol. The van der Waals surface area contributed by atoms with E-state index in [1.165, 1.54) is 9.21 Å². The van der Waals surface area contributed by atoms with E-state index in [0.717, 1.165) is 0 Å². The van der Waals surface area contributed by atoms with E-state index < -0.39 is 33.5 Å². The maximum absolute atomic E-state index is 13.5. The lowest BCUT2D eigenvalue weighted by Crippen LogP contribution is -2.48. The highest BCUT2D eigenvalue weighted by Gasteiger charge is 2.38. The van der Waals surface area contributed by atoms with Crippen molar-refractivity contribution in [3.05, 3.63) is 0 Å². The van der Waals surface area contributed by atoms with Gasteiger partial charge < -0.3 is 10.6 Å². The van der Waals surface area contributed by atoms with Gasteiger partial charge in [0.2, 0.25) is 15.9 Å². The number of carbonyl (C=O) groups excluding carboxylic acids is 1. The number of nitriles is 1. The molecule has 7 nitrogen and oxygen atoms in total. The Morgan fingerprint density at radius 1 is 1.36 bits per heavy atom. The average molecular weight is 374 g/mol. The van der Waals surface area contributed by atoms with E-state index in [4.69, 9.17) is 11.0 Å². The molecule has 2 heterocycles. The van der Waals surface area contributed by atoms with Crippen LogP contribution in [0.15, 0.2) is 0 Å². The first-order chi connectivity index (χ1) is 11.7. The van der Waals surface area contributed by atoms with Crippen molar-refractivity contribution in [1.82, 2.24) is 9.21 Å². The van der Waals surface area contributed by atoms with Crippen molar-refractivity contribution in [2.24, 2.45) is 11.7 Å². The number of rotatable bonds is 5. The zero-order chi connectivity index (χ0) is 18.8. The molecule has 3 atom stereocenters. The average Bonchev–Trinajstić information content (AvgIpc) is 2.95. The van der Waals surface area contributed by atoms with Gasteiger partial charge in [0, 0.05) is 19.5 Å². The van der Waals surface area contributed by atoms with Crippen molar-refractivity contribution in [2.75, 3.05) is 19.6 Å². The fraction of sp³-hybridized carbons (Fsp3) is 0.875. The molecule has 2 rings (SSSR count). The molecular formula is C16H27FN4O3S. The second-order valence-corrected chi connectivity index (χ2v) is 9.74. The maximum atomic E-state index is 13.5. The summed E-state index contributed by atoms with van der Waals surface area (Å²) in [6.45, 7) is 4.12. The monoisotopic (exact) mass is 374 g/mol. The standard InChI is InChI=1S/C16H27FN4O3S/c1-11(2)25(23,24)20-5-3-12(4-6-20)7-15(19)16(22)21-10-13(17)8-14(21)9-18/h11-15H,3-8,10,19H2,1-2H3/t13-,14-,15-/m0/s1. The number of amides is 1. The fourth-order valence-corrected chi connectivity index (χ4v) is 4.84. The lowest BCUT2D eigenvalue weighted by molar-refractivity contribution is -0.133. The predicted octanol–water partition coefficient (Wildman–Crippen LogP) is 0.617. The van der Waals surface area contributed by atoms with Crippen LogP contribution in [0.5, 0.6) is 0 Å². The van der Waals surface area contributed by atoms with Gasteiger partial charge in [-0.15, -0.1) is 0 Å². The van der Waals surface area contributed by atoms with Crippen LogP contribution in [0, 0.1) is 17.2 Å². The van der Waals surface area contributed by atoms with Gasteiger partial charge in [-0.05, 0) is 39.0 Å². The van der Waals surface area contributed by atoms with E-state index in [9.17, 15) is 17.6 Å². The maximum Gasteiger partial charge on any atom is 0.240 e. The molecule has 0 bridgehead atoms. The number of nitrogens with zero attached hydrogens (tertiary/aromatic N) is 3. The largest absolute Gasteiger partial charge is 0.322 e. The molecule has 0 saturated carbocycles. The fourth-order valence-electron chi connectivity index (χ4n) is 3.52. The molecule has 2 N–H and O–H groups in total. The minimum absolute atomic E-state index is 0.0421. The van der Waals surface area contributed by atoms with E-state index in [-0.39, 0.29) is 24.8 Å². The molecule has 2 aliphatic rings. The Labute approximate surface area is 149 Å². The zero-order valence-electron chi connectivity index (χ0n) is 14.8. The Morgan fingerprint density at radius 3 is 2.48 bits per heavy atom. The molecule has 0 aromatic carbocycles. The highest BCUT2D eigenvalue weighted by Crippen LogP contribution is 2.26. The van der Waals surface area contributed by atoms with Gasteiger partial charge in [-0.2, -0.15) is 5.26 Å². The van der Waals surface area contributed by atoms with Gasteiger partial charge >= 0.3 is 0 Å². The van der Waals surface area contributed by atoms with Crippen LogP contribution in [0.2, 0.25) is 0 Å². The van der Waals surface area contributed by atoms with Gasteiger partial charge in [0.05, 0.1) is 23.9 Å². The highest BCUT2D eigenvalue weighted by molar-refractivity contribution is 7.89. The van der Waals surface area contributed by atoms with Gasteiger partial charge in [-0.1, -0.05) is 0 Å². The smallest absolute Gasteiger partial charge is 0.240 e. The van der Waals surface area contributed by atoms with Gasteiger partial charge in [-0.3, -0.25) is 4.79 Å². The second kappa shape index (κ2) is 7.98. The number of nitrogens with two attached hydrogens (primary N) is 1. The summed E-state index contributed by atoms with van der Waals surface area (Å²) < 4.78 is 39.3. The van der Waals surface area contributed by atoms with Crippen molar-refractivity contribution in [1.29, 1.82) is 5.26 Å². The van der Waals surface area contributed by atoms with Crippen LogP contribution in [0.3, 0.4) is 0 Å². The number of carbonyl (C=O) groups is 1. The number of alkyl halides is 1. The number of hydrogen-bond acceptors (Lipinski definition) is 5. The van der Waals surface area contributed by atoms with Gasteiger partial charge in [0.15, 0.2) is 0 Å². The summed E-state index contributed by atoms with van der Waals surface area (Å²) in [6.07, 6.45) is 0.603. The minimum atomic E-state index is -3.25. The molecule has 0 unspecified atom stereocenters. The number of likely N-dealkylation sites (tertiary alicyclic amines) is 1. The Morgan fingerprint density at radius 2 is 1.96 bits per heavy atom. The first-order valence-corrected chi connectivity index (χ1v) is 10.3. The van der Waals surface area contributed by atoms with E-state index in [2.05, 4.69) is 0 Å². The molecule has 0 spiro atoms. The molecule has 0 aromatic heterocycles. The van der Waals surface area contributed by atoms with E-state index >= 15 is 0 Å². The van der Waals surface area contributed by atoms with Crippen LogP contribution in [-0.2, 0) is 14.8 Å². The third-order valence-corrected chi connectivity index (χ3v) is 7.39. The summed E-state index contributed by atoms with van der Waals surface area (Å²) >= 11 is 0. The van der Waals surface area contributed by atoms with E-state index in [1.54, 1.807) is 13.8 Å². The first kappa shape index (κ1) is 20.1. The third-order valence-electron chi connectivity index (χ3n) is 5.12. The lowest BCUT2D eigenvalue weighted by Gasteiger charge is -2.33. The van der Waals surface area contributed by atoms with Gasteiger partial charge in [0.25, 0.3) is 0 Å². The summed E-state index contributed by atoms with van der Waals surface area (Å²) in [5.41, 5.74) is 6.00. The van der Waals surface area contributed by atoms with Crippen LogP contribution >= 0.6 is 0 Å². The number of hydrogen-bond donors (Lipinski definition) is 1. The summed E-state index contributed by atoms with van der Waals surface area (Å²) in [7, 11) is -3.25. The molecule has 1 amide bonds. The lowest BCUT2D eigenvalue weighted by atomic mass is 9.91. The third kappa shape index (κ3) is 4.49. The van der Waals surface area contributed by atoms with Crippen LogP contribution < -0.4 is 5.73 Å². The number of halogens is 1. The minimum Gasteiger partial charge on any atom is -0.322 e. The molecule has 9 heteroatoms. The van der Waals surface area contributed by atoms with Crippen molar-refractivity contribution < 1.29 is 17.6 Å². The number of piperidine rings is 1. The Balaban J connectivity index is 1.87. The number of sulfonamides is 1. The topological polar surface area (TPSA) is 108 Å². The molecule has 0 radical (unpaired) electrons. The normalized spacial score (nSPS) is 27.4. The van der Waals surface area contributed by atoms with Crippen LogP contribution in [-0.4, -0.2) is 66.7 Å². The predicted molar refractivity (Wildman–Crippen MR) is 91.6 cm³/mol. The van der Waals surface area contributed by atoms with Gasteiger partial charge in [0.1, 0.15) is 12.2 Å². The van der Waals surface area contributed by atoms with E-state index in [0.29, 0.717) is 32.4 Å². The molecule has 2 saturated heterocycles. The molecule has 0 aromatic rings. The Bertz CT molecular complexity index is 626. The van der Waals surface area contributed by atoms with Gasteiger partial charge in [-0.25, -0.2) is 17.1 Å². The highest BCUT2D eigenvalue weighted by atomic mass is 32.2. The SMILES string of the molecule is CC(C)S(=O)(=O)N1CCC(C[C@H](N)C(=O)N2C[C@@H](F)C[C@H]2C#N)CC1. The van der Waals surface area contributed by atoms with E-state index in [1.807, 2.05) is 6.07 Å². The van der Waals surface area contributed by atoms with Crippen LogP contribution in [0.25, 0.3) is 0 Å². The first-order valence-electron chi connectivity index (χ1n) is 8.75. The summed E-state index contributed by atoms with van der Waals surface area (Å²) in [4.78, 5) is 13.7. The molecule has 2 aliphatic heterocycles. The zero-order valence-corrected chi connectivity index (χ0v) is 15.6. The van der Waals surface area contributed by atoms with Crippen molar-refractivity contribution in [2.45, 2.75) is 63.0 Å². The Kier molecular flexibility index (Phi) is 6.40. The Hall–Kier alpha value is -1.24. The van der Waals surface area contributed by atoms with Crippen molar-refractivity contribution in [3.63, 3.8) is 0 Å². The quantitative estimate of drug-likeness (QED) is 0.759. The van der Waals surface area contributed by atoms with Crippen LogP contribution in [0.4, 0.5) is 4.39 Å². The molecule has 0 aliphatic carbocycles. The molecule has 25 heavy (non-hydrogen) atoms.